The maximum atomic E-state index is 12.6. The van der Waals surface area contributed by atoms with Crippen LogP contribution in [-0.2, 0) is 9.59 Å². The zero-order chi connectivity index (χ0) is 26.2. The largest absolute Gasteiger partial charge is 0.356 e. The standard InChI is InChI=1S/C26H32N8O3/c1-3-24(35)32-21-6-4-19(5-7-21)25(36)28-10-11-29-26(37)20-8-13-33(14-9-20)22-16-23(31-17-30-22)34-15-12-27-18(34)2/h4-7,12,15-17,20H,3,8-11,13-14H2,1-2H3,(H,28,36)(H,29,37)(H,32,35). The predicted octanol–water partition coefficient (Wildman–Crippen LogP) is 2.08. The highest BCUT2D eigenvalue weighted by Gasteiger charge is 2.25. The smallest absolute Gasteiger partial charge is 0.251 e. The number of carbonyl (C=O) groups is 3. The molecule has 11 heteroatoms. The molecule has 3 aromatic rings. The summed E-state index contributed by atoms with van der Waals surface area (Å²) >= 11 is 0. The van der Waals surface area contributed by atoms with E-state index in [9.17, 15) is 14.4 Å². The number of aromatic nitrogens is 4. The summed E-state index contributed by atoms with van der Waals surface area (Å²) in [7, 11) is 0. The second-order valence-corrected chi connectivity index (χ2v) is 8.87. The first-order valence-electron chi connectivity index (χ1n) is 12.5. The van der Waals surface area contributed by atoms with E-state index in [1.807, 2.05) is 23.8 Å². The number of hydrogen-bond acceptors (Lipinski definition) is 7. The summed E-state index contributed by atoms with van der Waals surface area (Å²) < 4.78 is 1.91. The first kappa shape index (κ1) is 25.8. The quantitative estimate of drug-likeness (QED) is 0.380. The van der Waals surface area contributed by atoms with E-state index in [2.05, 4.69) is 35.8 Å². The molecule has 1 aliphatic heterocycles. The van der Waals surface area contributed by atoms with Gasteiger partial charge in [0, 0.05) is 68.2 Å². The number of aryl methyl sites for hydroxylation is 1. The van der Waals surface area contributed by atoms with Crippen LogP contribution in [0.25, 0.3) is 5.82 Å². The van der Waals surface area contributed by atoms with Crippen LogP contribution in [0.3, 0.4) is 0 Å². The summed E-state index contributed by atoms with van der Waals surface area (Å²) in [6, 6.07) is 8.64. The van der Waals surface area contributed by atoms with Crippen molar-refractivity contribution in [2.24, 2.45) is 5.92 Å². The number of rotatable bonds is 9. The van der Waals surface area contributed by atoms with Crippen LogP contribution in [0.1, 0.15) is 42.4 Å². The fourth-order valence-corrected chi connectivity index (χ4v) is 4.20. The fourth-order valence-electron chi connectivity index (χ4n) is 4.20. The minimum absolute atomic E-state index is 0.00216. The van der Waals surface area contributed by atoms with Gasteiger partial charge in [0.1, 0.15) is 23.8 Å². The molecule has 1 saturated heterocycles. The molecule has 3 amide bonds. The first-order chi connectivity index (χ1) is 17.9. The average Bonchev–Trinajstić information content (AvgIpc) is 3.37. The Morgan fingerprint density at radius 3 is 2.35 bits per heavy atom. The van der Waals surface area contributed by atoms with Gasteiger partial charge in [-0.3, -0.25) is 19.0 Å². The van der Waals surface area contributed by atoms with Crippen molar-refractivity contribution in [2.75, 3.05) is 36.4 Å². The van der Waals surface area contributed by atoms with E-state index in [0.717, 1.165) is 43.4 Å². The van der Waals surface area contributed by atoms with Gasteiger partial charge >= 0.3 is 0 Å². The van der Waals surface area contributed by atoms with E-state index in [-0.39, 0.29) is 23.6 Å². The molecule has 1 aromatic carbocycles. The van der Waals surface area contributed by atoms with Crippen LogP contribution in [0.4, 0.5) is 11.5 Å². The molecule has 37 heavy (non-hydrogen) atoms. The van der Waals surface area contributed by atoms with Crippen molar-refractivity contribution in [3.8, 4) is 5.82 Å². The van der Waals surface area contributed by atoms with E-state index in [4.69, 9.17) is 0 Å². The Morgan fingerprint density at radius 1 is 0.973 bits per heavy atom. The summed E-state index contributed by atoms with van der Waals surface area (Å²) in [6.07, 6.45) is 7.00. The third-order valence-electron chi connectivity index (χ3n) is 6.36. The summed E-state index contributed by atoms with van der Waals surface area (Å²) in [5.41, 5.74) is 1.14. The minimum atomic E-state index is -0.231. The van der Waals surface area contributed by atoms with Crippen LogP contribution in [0.2, 0.25) is 0 Å². The van der Waals surface area contributed by atoms with E-state index >= 15 is 0 Å². The molecule has 11 nitrogen and oxygen atoms in total. The number of piperidine rings is 1. The van der Waals surface area contributed by atoms with Crippen molar-refractivity contribution in [3.05, 3.63) is 60.4 Å². The molecular weight excluding hydrogens is 472 g/mol. The maximum absolute atomic E-state index is 12.6. The van der Waals surface area contributed by atoms with Crippen molar-refractivity contribution in [1.29, 1.82) is 0 Å². The van der Waals surface area contributed by atoms with Crippen LogP contribution in [0, 0.1) is 12.8 Å². The molecule has 0 aliphatic carbocycles. The molecule has 0 unspecified atom stereocenters. The Kier molecular flexibility index (Phi) is 8.44. The summed E-state index contributed by atoms with van der Waals surface area (Å²) in [4.78, 5) is 51.6. The monoisotopic (exact) mass is 504 g/mol. The highest BCUT2D eigenvalue weighted by Crippen LogP contribution is 2.23. The Bertz CT molecular complexity index is 1230. The lowest BCUT2D eigenvalue weighted by Gasteiger charge is -2.32. The second-order valence-electron chi connectivity index (χ2n) is 8.87. The van der Waals surface area contributed by atoms with E-state index in [1.165, 1.54) is 0 Å². The van der Waals surface area contributed by atoms with Crippen LogP contribution in [-0.4, -0.2) is 63.4 Å². The van der Waals surface area contributed by atoms with Crippen molar-refractivity contribution in [2.45, 2.75) is 33.1 Å². The van der Waals surface area contributed by atoms with E-state index in [0.29, 0.717) is 30.8 Å². The number of imidazole rings is 1. The highest BCUT2D eigenvalue weighted by molar-refractivity contribution is 5.95. The highest BCUT2D eigenvalue weighted by atomic mass is 16.2. The lowest BCUT2D eigenvalue weighted by atomic mass is 9.96. The number of carbonyl (C=O) groups excluding carboxylic acids is 3. The molecule has 3 N–H and O–H groups in total. The number of benzene rings is 1. The van der Waals surface area contributed by atoms with Crippen molar-refractivity contribution in [3.63, 3.8) is 0 Å². The van der Waals surface area contributed by atoms with Gasteiger partial charge in [0.15, 0.2) is 0 Å². The first-order valence-corrected chi connectivity index (χ1v) is 12.5. The number of hydrogen-bond donors (Lipinski definition) is 3. The van der Waals surface area contributed by atoms with Gasteiger partial charge in [-0.25, -0.2) is 15.0 Å². The molecule has 0 saturated carbocycles. The molecule has 1 fully saturated rings. The molecular formula is C26H32N8O3. The van der Waals surface area contributed by atoms with Crippen molar-refractivity contribution < 1.29 is 14.4 Å². The van der Waals surface area contributed by atoms with Crippen LogP contribution in [0.5, 0.6) is 0 Å². The van der Waals surface area contributed by atoms with Gasteiger partial charge in [-0.05, 0) is 44.0 Å². The van der Waals surface area contributed by atoms with Gasteiger partial charge < -0.3 is 20.9 Å². The predicted molar refractivity (Wildman–Crippen MR) is 140 cm³/mol. The summed E-state index contributed by atoms with van der Waals surface area (Å²) in [5, 5.41) is 8.48. The SMILES string of the molecule is CCC(=O)Nc1ccc(C(=O)NCCNC(=O)C2CCN(c3cc(-n4ccnc4C)ncn3)CC2)cc1. The second kappa shape index (κ2) is 12.1. The van der Waals surface area contributed by atoms with Crippen LogP contribution >= 0.6 is 0 Å². The third kappa shape index (κ3) is 6.69. The summed E-state index contributed by atoms with van der Waals surface area (Å²) in [5.74, 6) is 2.07. The van der Waals surface area contributed by atoms with Gasteiger partial charge in [0.05, 0.1) is 0 Å². The Balaban J connectivity index is 1.18. The molecule has 0 bridgehead atoms. The van der Waals surface area contributed by atoms with E-state index in [1.54, 1.807) is 43.7 Å². The maximum Gasteiger partial charge on any atom is 0.251 e. The fraction of sp³-hybridized carbons (Fsp3) is 0.385. The number of amides is 3. The minimum Gasteiger partial charge on any atom is -0.356 e. The lowest BCUT2D eigenvalue weighted by Crippen LogP contribution is -2.42. The molecule has 3 heterocycles. The zero-order valence-electron chi connectivity index (χ0n) is 21.1. The number of nitrogens with one attached hydrogen (secondary N) is 3. The van der Waals surface area contributed by atoms with Crippen LogP contribution in [0.15, 0.2) is 49.1 Å². The number of anilines is 2. The van der Waals surface area contributed by atoms with Gasteiger partial charge in [0.25, 0.3) is 5.91 Å². The van der Waals surface area contributed by atoms with Crippen molar-refractivity contribution in [1.82, 2.24) is 30.2 Å². The van der Waals surface area contributed by atoms with Gasteiger partial charge in [-0.15, -0.1) is 0 Å². The topological polar surface area (TPSA) is 134 Å². The molecule has 2 aromatic heterocycles. The molecule has 1 aliphatic rings. The molecule has 4 rings (SSSR count). The Labute approximate surface area is 215 Å². The number of nitrogens with zero attached hydrogens (tertiary/aromatic N) is 5. The average molecular weight is 505 g/mol. The van der Waals surface area contributed by atoms with Gasteiger partial charge in [-0.2, -0.15) is 0 Å². The van der Waals surface area contributed by atoms with Crippen molar-refractivity contribution >= 4 is 29.2 Å². The van der Waals surface area contributed by atoms with E-state index < -0.39 is 0 Å². The molecule has 0 atom stereocenters. The molecule has 0 radical (unpaired) electrons. The lowest BCUT2D eigenvalue weighted by molar-refractivity contribution is -0.125. The Morgan fingerprint density at radius 2 is 1.68 bits per heavy atom. The van der Waals surface area contributed by atoms with Gasteiger partial charge in [0.2, 0.25) is 11.8 Å². The summed E-state index contributed by atoms with van der Waals surface area (Å²) in [6.45, 7) is 5.83. The molecule has 194 valence electrons. The third-order valence-corrected chi connectivity index (χ3v) is 6.36. The van der Waals surface area contributed by atoms with Gasteiger partial charge in [-0.1, -0.05) is 6.92 Å². The molecule has 0 spiro atoms. The normalized spacial score (nSPS) is 13.7. The zero-order valence-corrected chi connectivity index (χ0v) is 21.1. The Hall–Kier alpha value is -4.28. The van der Waals surface area contributed by atoms with Crippen LogP contribution < -0.4 is 20.9 Å².